The van der Waals surface area contributed by atoms with Gasteiger partial charge in [0.1, 0.15) is 24.1 Å². The predicted molar refractivity (Wildman–Crippen MR) is 157 cm³/mol. The summed E-state index contributed by atoms with van der Waals surface area (Å²) in [4.78, 5) is 25.1. The molecule has 2 aromatic carbocycles. The number of nitrogens with zero attached hydrogens (tertiary/aromatic N) is 4. The van der Waals surface area contributed by atoms with Crippen LogP contribution in [0.15, 0.2) is 54.9 Å². The average Bonchev–Trinajstić information content (AvgIpc) is 3.51. The van der Waals surface area contributed by atoms with Crippen LogP contribution in [0.1, 0.15) is 24.3 Å². The van der Waals surface area contributed by atoms with Crippen molar-refractivity contribution in [2.75, 3.05) is 18.5 Å². The van der Waals surface area contributed by atoms with E-state index in [9.17, 15) is 9.90 Å². The first-order valence-electron chi connectivity index (χ1n) is 13.1. The van der Waals surface area contributed by atoms with Crippen LogP contribution in [0.25, 0.3) is 11.2 Å². The Labute approximate surface area is 251 Å². The Kier molecular flexibility index (Phi) is 8.16. The van der Waals surface area contributed by atoms with Crippen LogP contribution >= 0.6 is 18.3 Å². The van der Waals surface area contributed by atoms with Crippen LogP contribution in [-0.4, -0.2) is 62.1 Å². The SMILES string of the molecule is CC(=O)Nc1nc(OCCc2ccc(C)cc2)c2ncn([C@@H]3O[C@@H]4COP(=S)(Oc5ccccc5Cl)OC4C3O)c2n1. The number of hydrogen-bond donors (Lipinski definition) is 2. The van der Waals surface area contributed by atoms with Gasteiger partial charge < -0.3 is 19.1 Å². The van der Waals surface area contributed by atoms with Gasteiger partial charge in [0.25, 0.3) is 0 Å². The molecule has 0 radical (unpaired) electrons. The fourth-order valence-electron chi connectivity index (χ4n) is 4.66. The van der Waals surface area contributed by atoms with Gasteiger partial charge in [-0.05, 0) is 24.6 Å². The zero-order valence-corrected chi connectivity index (χ0v) is 25.0. The van der Waals surface area contributed by atoms with Crippen LogP contribution in [-0.2, 0) is 36.8 Å². The topological polar surface area (TPSA) is 139 Å². The van der Waals surface area contributed by atoms with Crippen LogP contribution < -0.4 is 14.6 Å². The first kappa shape index (κ1) is 28.9. The summed E-state index contributed by atoms with van der Waals surface area (Å²) in [5, 5.41) is 14.3. The molecule has 3 unspecified atom stereocenters. The summed E-state index contributed by atoms with van der Waals surface area (Å²) in [5.74, 6) is 0.172. The summed E-state index contributed by atoms with van der Waals surface area (Å²) in [6, 6.07) is 15.0. The van der Waals surface area contributed by atoms with Gasteiger partial charge in [-0.3, -0.25) is 23.7 Å². The number of carbonyl (C=O) groups is 1. The van der Waals surface area contributed by atoms with Crippen molar-refractivity contribution >= 4 is 53.1 Å². The Morgan fingerprint density at radius 2 is 2.02 bits per heavy atom. The first-order valence-corrected chi connectivity index (χ1v) is 16.0. The highest BCUT2D eigenvalue weighted by Gasteiger charge is 2.52. The minimum atomic E-state index is -3.30. The monoisotopic (exact) mass is 631 g/mol. The van der Waals surface area contributed by atoms with Gasteiger partial charge in [0, 0.05) is 25.2 Å². The molecule has 4 aromatic rings. The fourth-order valence-corrected chi connectivity index (χ4v) is 7.05. The molecule has 2 aliphatic heterocycles. The molecule has 12 nitrogen and oxygen atoms in total. The van der Waals surface area contributed by atoms with Crippen LogP contribution in [0.5, 0.6) is 11.6 Å². The number of para-hydroxylation sites is 1. The number of halogens is 1. The molecule has 2 fully saturated rings. The van der Waals surface area contributed by atoms with Crippen molar-refractivity contribution in [2.24, 2.45) is 0 Å². The summed E-state index contributed by atoms with van der Waals surface area (Å²) in [5.41, 5.74) is 2.90. The summed E-state index contributed by atoms with van der Waals surface area (Å²) in [6.07, 6.45) is -1.54. The molecule has 220 valence electrons. The molecule has 42 heavy (non-hydrogen) atoms. The number of aromatic nitrogens is 4. The van der Waals surface area contributed by atoms with E-state index in [1.807, 2.05) is 31.2 Å². The van der Waals surface area contributed by atoms with Crippen LogP contribution in [0, 0.1) is 6.92 Å². The van der Waals surface area contributed by atoms with Crippen molar-refractivity contribution in [3.8, 4) is 11.6 Å². The minimum Gasteiger partial charge on any atom is -0.476 e. The van der Waals surface area contributed by atoms with Gasteiger partial charge in [0.2, 0.25) is 17.7 Å². The minimum absolute atomic E-state index is 0.0233. The Morgan fingerprint density at radius 1 is 1.24 bits per heavy atom. The lowest BCUT2D eigenvalue weighted by atomic mass is 10.1. The molecule has 4 heterocycles. The number of aliphatic hydroxyl groups excluding tert-OH is 1. The van der Waals surface area contributed by atoms with Crippen molar-refractivity contribution in [2.45, 2.75) is 44.8 Å². The van der Waals surface area contributed by atoms with Crippen LogP contribution in [0.4, 0.5) is 5.95 Å². The smallest absolute Gasteiger partial charge is 0.381 e. The summed E-state index contributed by atoms with van der Waals surface area (Å²) >= 11 is 11.8. The second kappa shape index (κ2) is 11.8. The summed E-state index contributed by atoms with van der Waals surface area (Å²) < 4.78 is 31.3. The van der Waals surface area contributed by atoms with E-state index < -0.39 is 31.3 Å². The maximum absolute atomic E-state index is 11.8. The second-order valence-electron chi connectivity index (χ2n) is 9.83. The zero-order chi connectivity index (χ0) is 29.4. The van der Waals surface area contributed by atoms with E-state index in [-0.39, 0.29) is 30.0 Å². The van der Waals surface area contributed by atoms with E-state index in [0.717, 1.165) is 5.56 Å². The average molecular weight is 632 g/mol. The lowest BCUT2D eigenvalue weighted by Crippen LogP contribution is -2.39. The van der Waals surface area contributed by atoms with Crippen molar-refractivity contribution < 1.29 is 32.9 Å². The van der Waals surface area contributed by atoms with Gasteiger partial charge in [-0.2, -0.15) is 9.97 Å². The number of nitrogens with one attached hydrogen (secondary N) is 1. The number of anilines is 1. The maximum Gasteiger partial charge on any atom is 0.381 e. The number of benzene rings is 2. The molecule has 0 aliphatic carbocycles. The molecule has 5 atom stereocenters. The van der Waals surface area contributed by atoms with E-state index in [1.165, 1.54) is 18.8 Å². The van der Waals surface area contributed by atoms with E-state index in [2.05, 4.69) is 20.3 Å². The molecule has 0 saturated carbocycles. The number of aliphatic hydroxyl groups is 1. The molecule has 0 spiro atoms. The van der Waals surface area contributed by atoms with Crippen molar-refractivity contribution in [3.05, 3.63) is 71.0 Å². The largest absolute Gasteiger partial charge is 0.476 e. The highest BCUT2D eigenvalue weighted by atomic mass is 35.5. The van der Waals surface area contributed by atoms with E-state index >= 15 is 0 Å². The number of hydrogen-bond acceptors (Lipinski definition) is 11. The number of imidazole rings is 1. The fraction of sp³-hybridized carbons (Fsp3) is 0.333. The Hall–Kier alpha value is -3.16. The zero-order valence-electron chi connectivity index (χ0n) is 22.5. The molecular formula is C27H27ClN5O7PS. The van der Waals surface area contributed by atoms with E-state index in [1.54, 1.807) is 28.8 Å². The molecule has 2 aliphatic rings. The van der Waals surface area contributed by atoms with Crippen molar-refractivity contribution in [3.63, 3.8) is 0 Å². The van der Waals surface area contributed by atoms with E-state index in [0.29, 0.717) is 29.3 Å². The van der Waals surface area contributed by atoms with Crippen LogP contribution in [0.2, 0.25) is 5.02 Å². The standard InChI is InChI=1S/C27H27ClN5O7PS/c1-15-7-9-17(10-8-15)11-12-36-25-21-24(31-27(32-25)30-16(2)34)33(14-29-21)26-22(35)23-20(38-26)13-37-41(42,40-23)39-19-6-4-3-5-18(19)28/h3-10,14,20,22-23,26,35H,11-13H2,1-2H3,(H,30,31,32,34)/t20-,22?,23?,26-,41?/m1/s1. The molecule has 2 saturated heterocycles. The molecule has 2 aromatic heterocycles. The number of carbonyl (C=O) groups excluding carboxylic acids is 1. The molecular weight excluding hydrogens is 605 g/mol. The van der Waals surface area contributed by atoms with Crippen LogP contribution in [0.3, 0.4) is 0 Å². The number of fused-ring (bicyclic) bond motifs is 2. The third kappa shape index (κ3) is 6.00. The summed E-state index contributed by atoms with van der Waals surface area (Å²) in [7, 11) is 0. The lowest BCUT2D eigenvalue weighted by Gasteiger charge is -2.33. The molecule has 0 bridgehead atoms. The highest BCUT2D eigenvalue weighted by Crippen LogP contribution is 2.57. The van der Waals surface area contributed by atoms with E-state index in [4.69, 9.17) is 46.5 Å². The summed E-state index contributed by atoms with van der Waals surface area (Å²) in [6.45, 7) is 0.425. The normalized spacial score (nSPS) is 25.2. The Bertz CT molecular complexity index is 1670. The van der Waals surface area contributed by atoms with Gasteiger partial charge in [-0.15, -0.1) is 0 Å². The number of ether oxygens (including phenoxy) is 2. The second-order valence-corrected chi connectivity index (χ2v) is 13.1. The number of amides is 1. The van der Waals surface area contributed by atoms with Gasteiger partial charge in [0.15, 0.2) is 17.4 Å². The van der Waals surface area contributed by atoms with Crippen molar-refractivity contribution in [1.29, 1.82) is 0 Å². The number of rotatable bonds is 8. The predicted octanol–water partition coefficient (Wildman–Crippen LogP) is 4.35. The van der Waals surface area contributed by atoms with Gasteiger partial charge >= 0.3 is 6.72 Å². The third-order valence-electron chi connectivity index (χ3n) is 6.71. The Balaban J connectivity index is 1.24. The Morgan fingerprint density at radius 3 is 2.79 bits per heavy atom. The highest BCUT2D eigenvalue weighted by molar-refractivity contribution is 8.07. The third-order valence-corrected chi connectivity index (χ3v) is 9.20. The molecule has 2 N–H and O–H groups in total. The molecule has 15 heteroatoms. The lowest BCUT2D eigenvalue weighted by molar-refractivity contribution is -0.114. The first-order chi connectivity index (χ1) is 20.2. The van der Waals surface area contributed by atoms with Gasteiger partial charge in [0.05, 0.1) is 24.6 Å². The van der Waals surface area contributed by atoms with Gasteiger partial charge in [-0.25, -0.2) is 4.98 Å². The molecule has 6 rings (SSSR count). The number of aryl methyl sites for hydroxylation is 1. The maximum atomic E-state index is 11.8. The van der Waals surface area contributed by atoms with Crippen molar-refractivity contribution in [1.82, 2.24) is 19.5 Å². The molecule has 1 amide bonds. The quantitative estimate of drug-likeness (QED) is 0.268. The van der Waals surface area contributed by atoms with Gasteiger partial charge in [-0.1, -0.05) is 53.6 Å².